The molecule has 0 aliphatic carbocycles. The summed E-state index contributed by atoms with van der Waals surface area (Å²) in [6, 6.07) is 3.37. The fourth-order valence-corrected chi connectivity index (χ4v) is 1.37. The highest BCUT2D eigenvalue weighted by Gasteiger charge is 2.09. The van der Waals surface area contributed by atoms with Crippen molar-refractivity contribution in [3.63, 3.8) is 0 Å². The van der Waals surface area contributed by atoms with Crippen LogP contribution in [0.4, 0.5) is 0 Å². The van der Waals surface area contributed by atoms with Crippen molar-refractivity contribution < 1.29 is 14.6 Å². The predicted octanol–water partition coefficient (Wildman–Crippen LogP) is 2.28. The molecular formula is C10H11ClO3. The van der Waals surface area contributed by atoms with Gasteiger partial charge in [-0.1, -0.05) is 17.7 Å². The van der Waals surface area contributed by atoms with Gasteiger partial charge in [0, 0.05) is 10.6 Å². The Bertz CT molecular complexity index is 361. The zero-order chi connectivity index (χ0) is 10.7. The average Bonchev–Trinajstić information content (AvgIpc) is 2.10. The SMILES string of the molecule is COc1cc(Cl)c(C)cc1CC(=O)O. The molecule has 0 heterocycles. The van der Waals surface area contributed by atoms with Gasteiger partial charge in [0.2, 0.25) is 0 Å². The van der Waals surface area contributed by atoms with E-state index in [9.17, 15) is 4.79 Å². The van der Waals surface area contributed by atoms with Gasteiger partial charge in [0.25, 0.3) is 0 Å². The second-order valence-electron chi connectivity index (χ2n) is 2.98. The quantitative estimate of drug-likeness (QED) is 0.840. The first-order valence-electron chi connectivity index (χ1n) is 4.09. The molecule has 0 aliphatic rings. The molecule has 0 radical (unpaired) electrons. The van der Waals surface area contributed by atoms with E-state index in [0.717, 1.165) is 5.56 Å². The van der Waals surface area contributed by atoms with Gasteiger partial charge < -0.3 is 9.84 Å². The van der Waals surface area contributed by atoms with Crippen molar-refractivity contribution in [1.29, 1.82) is 0 Å². The van der Waals surface area contributed by atoms with Crippen LogP contribution in [0, 0.1) is 6.92 Å². The number of benzene rings is 1. The highest BCUT2D eigenvalue weighted by molar-refractivity contribution is 6.31. The first-order valence-corrected chi connectivity index (χ1v) is 4.47. The molecule has 14 heavy (non-hydrogen) atoms. The molecule has 0 atom stereocenters. The summed E-state index contributed by atoms with van der Waals surface area (Å²) in [5.74, 6) is -0.368. The summed E-state index contributed by atoms with van der Waals surface area (Å²) < 4.78 is 5.03. The van der Waals surface area contributed by atoms with E-state index in [1.165, 1.54) is 7.11 Å². The first-order chi connectivity index (χ1) is 6.54. The number of hydrogen-bond donors (Lipinski definition) is 1. The van der Waals surface area contributed by atoms with Gasteiger partial charge in [-0.3, -0.25) is 4.79 Å². The van der Waals surface area contributed by atoms with Gasteiger partial charge in [-0.15, -0.1) is 0 Å². The van der Waals surface area contributed by atoms with Crippen LogP contribution in [0.3, 0.4) is 0 Å². The van der Waals surface area contributed by atoms with Gasteiger partial charge in [0.05, 0.1) is 13.5 Å². The van der Waals surface area contributed by atoms with Gasteiger partial charge in [0.1, 0.15) is 5.75 Å². The number of aliphatic carboxylic acids is 1. The lowest BCUT2D eigenvalue weighted by atomic mass is 10.1. The molecule has 1 aromatic rings. The van der Waals surface area contributed by atoms with E-state index in [1.807, 2.05) is 6.92 Å². The fraction of sp³-hybridized carbons (Fsp3) is 0.300. The number of carboxylic acid groups (broad SMARTS) is 1. The molecule has 0 aromatic heterocycles. The number of aryl methyl sites for hydroxylation is 1. The van der Waals surface area contributed by atoms with E-state index in [2.05, 4.69) is 0 Å². The van der Waals surface area contributed by atoms with Gasteiger partial charge in [-0.05, 0) is 18.6 Å². The number of carbonyl (C=O) groups is 1. The maximum Gasteiger partial charge on any atom is 0.307 e. The molecule has 1 N–H and O–H groups in total. The van der Waals surface area contributed by atoms with Crippen LogP contribution in [0.15, 0.2) is 12.1 Å². The number of methoxy groups -OCH3 is 1. The molecule has 76 valence electrons. The van der Waals surface area contributed by atoms with Crippen molar-refractivity contribution in [2.24, 2.45) is 0 Å². The molecule has 0 bridgehead atoms. The fourth-order valence-electron chi connectivity index (χ4n) is 1.21. The lowest BCUT2D eigenvalue weighted by molar-refractivity contribution is -0.136. The number of halogens is 1. The summed E-state index contributed by atoms with van der Waals surface area (Å²) >= 11 is 5.87. The lowest BCUT2D eigenvalue weighted by Crippen LogP contribution is -2.02. The maximum atomic E-state index is 10.5. The third kappa shape index (κ3) is 2.39. The number of rotatable bonds is 3. The van der Waals surface area contributed by atoms with Crippen molar-refractivity contribution in [2.45, 2.75) is 13.3 Å². The lowest BCUT2D eigenvalue weighted by Gasteiger charge is -2.08. The van der Waals surface area contributed by atoms with Crippen LogP contribution < -0.4 is 4.74 Å². The zero-order valence-corrected chi connectivity index (χ0v) is 8.76. The topological polar surface area (TPSA) is 46.5 Å². The molecule has 0 spiro atoms. The average molecular weight is 215 g/mol. The summed E-state index contributed by atoms with van der Waals surface area (Å²) in [6.07, 6.45) is -0.0544. The minimum atomic E-state index is -0.884. The van der Waals surface area contributed by atoms with Crippen molar-refractivity contribution in [1.82, 2.24) is 0 Å². The smallest absolute Gasteiger partial charge is 0.307 e. The first kappa shape index (κ1) is 10.9. The van der Waals surface area contributed by atoms with Crippen LogP contribution in [-0.4, -0.2) is 18.2 Å². The summed E-state index contributed by atoms with van der Waals surface area (Å²) in [5.41, 5.74) is 1.49. The van der Waals surface area contributed by atoms with Gasteiger partial charge in [-0.2, -0.15) is 0 Å². The van der Waals surface area contributed by atoms with Crippen LogP contribution in [-0.2, 0) is 11.2 Å². The van der Waals surface area contributed by atoms with E-state index in [4.69, 9.17) is 21.4 Å². The van der Waals surface area contributed by atoms with Crippen molar-refractivity contribution in [3.8, 4) is 5.75 Å². The molecule has 1 rings (SSSR count). The molecule has 1 aromatic carbocycles. The molecule has 0 unspecified atom stereocenters. The van der Waals surface area contributed by atoms with Crippen molar-refractivity contribution >= 4 is 17.6 Å². The molecule has 0 aliphatic heterocycles. The van der Waals surface area contributed by atoms with Gasteiger partial charge >= 0.3 is 5.97 Å². The van der Waals surface area contributed by atoms with Crippen LogP contribution in [0.2, 0.25) is 5.02 Å². The van der Waals surface area contributed by atoms with Crippen LogP contribution in [0.5, 0.6) is 5.75 Å². The molecule has 0 amide bonds. The molecule has 0 saturated heterocycles. The summed E-state index contributed by atoms with van der Waals surface area (Å²) in [5, 5.41) is 9.24. The van der Waals surface area contributed by atoms with E-state index < -0.39 is 5.97 Å². The van der Waals surface area contributed by atoms with Gasteiger partial charge in [-0.25, -0.2) is 0 Å². The van der Waals surface area contributed by atoms with E-state index >= 15 is 0 Å². The maximum absolute atomic E-state index is 10.5. The Morgan fingerprint density at radius 2 is 2.21 bits per heavy atom. The third-order valence-electron chi connectivity index (χ3n) is 1.90. The normalized spacial score (nSPS) is 9.93. The summed E-state index contributed by atoms with van der Waals surface area (Å²) in [6.45, 7) is 1.83. The monoisotopic (exact) mass is 214 g/mol. The minimum Gasteiger partial charge on any atom is -0.496 e. The number of carboxylic acids is 1. The highest BCUT2D eigenvalue weighted by atomic mass is 35.5. The molecule has 0 saturated carbocycles. The van der Waals surface area contributed by atoms with Crippen molar-refractivity contribution in [2.75, 3.05) is 7.11 Å². The largest absolute Gasteiger partial charge is 0.496 e. The third-order valence-corrected chi connectivity index (χ3v) is 2.31. The highest BCUT2D eigenvalue weighted by Crippen LogP contribution is 2.26. The zero-order valence-electron chi connectivity index (χ0n) is 8.00. The Morgan fingerprint density at radius 1 is 1.57 bits per heavy atom. The predicted molar refractivity (Wildman–Crippen MR) is 54.1 cm³/mol. The Morgan fingerprint density at radius 3 is 2.71 bits per heavy atom. The molecular weight excluding hydrogens is 204 g/mol. The van der Waals surface area contributed by atoms with Crippen LogP contribution in [0.25, 0.3) is 0 Å². The minimum absolute atomic E-state index is 0.0544. The van der Waals surface area contributed by atoms with Crippen LogP contribution >= 0.6 is 11.6 Å². The summed E-state index contributed by atoms with van der Waals surface area (Å²) in [4.78, 5) is 10.5. The Hall–Kier alpha value is -1.22. The van der Waals surface area contributed by atoms with Crippen LogP contribution in [0.1, 0.15) is 11.1 Å². The Labute approximate surface area is 87.3 Å². The molecule has 0 fully saturated rings. The molecule has 3 nitrogen and oxygen atoms in total. The van der Waals surface area contributed by atoms with E-state index in [1.54, 1.807) is 12.1 Å². The van der Waals surface area contributed by atoms with Crippen molar-refractivity contribution in [3.05, 3.63) is 28.3 Å². The second kappa shape index (κ2) is 4.33. The number of hydrogen-bond acceptors (Lipinski definition) is 2. The Kier molecular flexibility index (Phi) is 3.36. The second-order valence-corrected chi connectivity index (χ2v) is 3.39. The standard InChI is InChI=1S/C10H11ClO3/c1-6-3-7(4-10(12)13)9(14-2)5-8(6)11/h3,5H,4H2,1-2H3,(H,12,13). The van der Waals surface area contributed by atoms with Gasteiger partial charge in [0.15, 0.2) is 0 Å². The van der Waals surface area contributed by atoms with E-state index in [0.29, 0.717) is 16.3 Å². The summed E-state index contributed by atoms with van der Waals surface area (Å²) in [7, 11) is 1.49. The van der Waals surface area contributed by atoms with E-state index in [-0.39, 0.29) is 6.42 Å². The molecule has 4 heteroatoms. The number of ether oxygens (including phenoxy) is 1. The Balaban J connectivity index is 3.13.